The molecule has 0 aromatic heterocycles. The van der Waals surface area contributed by atoms with Crippen molar-refractivity contribution in [3.05, 3.63) is 0 Å². The minimum absolute atomic E-state index is 0.00495. The number of hydrogen-bond acceptors (Lipinski definition) is 3. The summed E-state index contributed by atoms with van der Waals surface area (Å²) in [7, 11) is 0. The highest BCUT2D eigenvalue weighted by molar-refractivity contribution is 5.86. The van der Waals surface area contributed by atoms with E-state index in [9.17, 15) is 10.1 Å². The summed E-state index contributed by atoms with van der Waals surface area (Å²) in [5.74, 6) is -0.00495. The molecule has 2 aliphatic rings. The molecular weight excluding hydrogens is 238 g/mol. The molecule has 0 aliphatic heterocycles. The molecule has 0 saturated heterocycles. The molecule has 0 spiro atoms. The Kier molecular flexibility index (Phi) is 4.43. The largest absolute Gasteiger partial charge is 0.337 e. The third kappa shape index (κ3) is 3.07. The van der Waals surface area contributed by atoms with Gasteiger partial charge in [0.05, 0.1) is 18.6 Å². The average Bonchev–Trinajstić information content (AvgIpc) is 3.26. The van der Waals surface area contributed by atoms with Crippen LogP contribution >= 0.6 is 0 Å². The topological polar surface area (TPSA) is 67.9 Å². The third-order valence-corrected chi connectivity index (χ3v) is 4.29. The van der Waals surface area contributed by atoms with E-state index in [1.807, 2.05) is 4.90 Å². The minimum atomic E-state index is -0.811. The molecule has 0 heterocycles. The Hall–Kier alpha value is -1.55. The van der Waals surface area contributed by atoms with Crippen LogP contribution < -0.4 is 0 Å². The molecule has 0 bridgehead atoms. The number of carbonyl (C=O) groups excluding carboxylic acids is 1. The quantitative estimate of drug-likeness (QED) is 0.729. The van der Waals surface area contributed by atoms with Crippen LogP contribution in [0.15, 0.2) is 0 Å². The van der Waals surface area contributed by atoms with Gasteiger partial charge in [-0.2, -0.15) is 10.5 Å². The summed E-state index contributed by atoms with van der Waals surface area (Å²) in [6.45, 7) is 0.490. The van der Waals surface area contributed by atoms with Crippen LogP contribution in [-0.2, 0) is 4.79 Å². The summed E-state index contributed by atoms with van der Waals surface area (Å²) < 4.78 is 0. The zero-order valence-corrected chi connectivity index (χ0v) is 11.4. The Bertz CT molecular complexity index is 406. The van der Waals surface area contributed by atoms with E-state index in [2.05, 4.69) is 12.1 Å². The lowest BCUT2D eigenvalue weighted by atomic mass is 9.80. The van der Waals surface area contributed by atoms with E-state index in [0.29, 0.717) is 25.8 Å². The maximum Gasteiger partial charge on any atom is 0.243 e. The smallest absolute Gasteiger partial charge is 0.243 e. The average molecular weight is 259 g/mol. The highest BCUT2D eigenvalue weighted by Crippen LogP contribution is 2.39. The molecule has 19 heavy (non-hydrogen) atoms. The van der Waals surface area contributed by atoms with Gasteiger partial charge >= 0.3 is 0 Å². The number of carbonyl (C=O) groups is 1. The summed E-state index contributed by atoms with van der Waals surface area (Å²) in [5, 5.41) is 18.3. The van der Waals surface area contributed by atoms with E-state index in [0.717, 1.165) is 38.5 Å². The summed E-state index contributed by atoms with van der Waals surface area (Å²) >= 11 is 0. The maximum absolute atomic E-state index is 12.8. The van der Waals surface area contributed by atoms with Gasteiger partial charge in [0.15, 0.2) is 0 Å². The first-order chi connectivity index (χ1) is 9.23. The summed E-state index contributed by atoms with van der Waals surface area (Å²) in [5.41, 5.74) is -0.811. The zero-order valence-electron chi connectivity index (χ0n) is 11.4. The first-order valence-electron chi connectivity index (χ1n) is 7.33. The standard InChI is InChI=1S/C15H21N3O/c16-10-5-11-18(13-6-7-13)14(19)15(12-17)8-3-1-2-4-9-15/h13H,1-9,11H2. The summed E-state index contributed by atoms with van der Waals surface area (Å²) in [4.78, 5) is 14.6. The first-order valence-corrected chi connectivity index (χ1v) is 7.33. The molecule has 2 aliphatic carbocycles. The second kappa shape index (κ2) is 6.06. The molecule has 2 fully saturated rings. The van der Waals surface area contributed by atoms with Crippen molar-refractivity contribution in [2.24, 2.45) is 5.41 Å². The molecule has 4 nitrogen and oxygen atoms in total. The molecule has 4 heteroatoms. The Morgan fingerprint density at radius 3 is 2.26 bits per heavy atom. The lowest BCUT2D eigenvalue weighted by Crippen LogP contribution is -2.44. The number of rotatable bonds is 4. The molecule has 0 unspecified atom stereocenters. The van der Waals surface area contributed by atoms with Crippen molar-refractivity contribution in [2.45, 2.75) is 63.8 Å². The molecule has 1 amide bonds. The molecular formula is C15H21N3O. The van der Waals surface area contributed by atoms with Crippen LogP contribution in [0.25, 0.3) is 0 Å². The van der Waals surface area contributed by atoms with Crippen LogP contribution in [0, 0.1) is 28.1 Å². The van der Waals surface area contributed by atoms with Crippen molar-refractivity contribution in [1.82, 2.24) is 4.90 Å². The minimum Gasteiger partial charge on any atom is -0.337 e. The van der Waals surface area contributed by atoms with E-state index < -0.39 is 5.41 Å². The van der Waals surface area contributed by atoms with Crippen LogP contribution in [0.3, 0.4) is 0 Å². The van der Waals surface area contributed by atoms with Crippen LogP contribution in [0.2, 0.25) is 0 Å². The van der Waals surface area contributed by atoms with Crippen molar-refractivity contribution >= 4 is 5.91 Å². The van der Waals surface area contributed by atoms with Gasteiger partial charge in [0.2, 0.25) is 5.91 Å². The molecule has 0 N–H and O–H groups in total. The van der Waals surface area contributed by atoms with Crippen molar-refractivity contribution < 1.29 is 4.79 Å². The molecule has 0 aromatic carbocycles. The van der Waals surface area contributed by atoms with Crippen LogP contribution in [0.1, 0.15) is 57.8 Å². The van der Waals surface area contributed by atoms with Gasteiger partial charge in [-0.05, 0) is 25.7 Å². The Morgan fingerprint density at radius 1 is 1.16 bits per heavy atom. The van der Waals surface area contributed by atoms with Gasteiger partial charge in [0.1, 0.15) is 5.41 Å². The van der Waals surface area contributed by atoms with Crippen molar-refractivity contribution in [3.8, 4) is 12.1 Å². The Labute approximate surface area is 115 Å². The lowest BCUT2D eigenvalue weighted by molar-refractivity contribution is -0.140. The van der Waals surface area contributed by atoms with Gasteiger partial charge in [-0.25, -0.2) is 0 Å². The van der Waals surface area contributed by atoms with Gasteiger partial charge in [0, 0.05) is 12.6 Å². The number of nitrogens with zero attached hydrogens (tertiary/aromatic N) is 3. The van der Waals surface area contributed by atoms with E-state index >= 15 is 0 Å². The molecule has 0 radical (unpaired) electrons. The van der Waals surface area contributed by atoms with Crippen molar-refractivity contribution in [3.63, 3.8) is 0 Å². The van der Waals surface area contributed by atoms with Gasteiger partial charge in [0.25, 0.3) is 0 Å². The number of nitriles is 2. The van der Waals surface area contributed by atoms with E-state index in [4.69, 9.17) is 5.26 Å². The third-order valence-electron chi connectivity index (χ3n) is 4.29. The maximum atomic E-state index is 12.8. The number of hydrogen-bond donors (Lipinski definition) is 0. The molecule has 2 rings (SSSR count). The fourth-order valence-electron chi connectivity index (χ4n) is 2.99. The van der Waals surface area contributed by atoms with Crippen molar-refractivity contribution in [1.29, 1.82) is 10.5 Å². The van der Waals surface area contributed by atoms with Gasteiger partial charge in [-0.3, -0.25) is 4.79 Å². The SMILES string of the molecule is N#CCCN(C(=O)C1(C#N)CCCCCC1)C1CC1. The highest BCUT2D eigenvalue weighted by Gasteiger charge is 2.45. The second-order valence-corrected chi connectivity index (χ2v) is 5.75. The van der Waals surface area contributed by atoms with Crippen LogP contribution in [0.5, 0.6) is 0 Å². The van der Waals surface area contributed by atoms with Crippen molar-refractivity contribution in [2.75, 3.05) is 6.54 Å². The molecule has 102 valence electrons. The normalized spacial score (nSPS) is 21.8. The lowest BCUT2D eigenvalue weighted by Gasteiger charge is -2.31. The Balaban J connectivity index is 2.13. The second-order valence-electron chi connectivity index (χ2n) is 5.75. The molecule has 0 aromatic rings. The summed E-state index contributed by atoms with van der Waals surface area (Å²) in [6, 6.07) is 4.71. The molecule has 0 atom stereocenters. The summed E-state index contributed by atoms with van der Waals surface area (Å²) in [6.07, 6.45) is 7.99. The van der Waals surface area contributed by atoms with E-state index in [1.165, 1.54) is 0 Å². The number of amides is 1. The van der Waals surface area contributed by atoms with Crippen LogP contribution in [0.4, 0.5) is 0 Å². The monoisotopic (exact) mass is 259 g/mol. The van der Waals surface area contributed by atoms with Gasteiger partial charge in [-0.1, -0.05) is 25.7 Å². The fourth-order valence-corrected chi connectivity index (χ4v) is 2.99. The first kappa shape index (κ1) is 13.9. The van der Waals surface area contributed by atoms with E-state index in [1.54, 1.807) is 0 Å². The Morgan fingerprint density at radius 2 is 1.79 bits per heavy atom. The molecule has 2 saturated carbocycles. The van der Waals surface area contributed by atoms with Gasteiger partial charge < -0.3 is 4.90 Å². The zero-order chi connectivity index (χ0) is 13.7. The van der Waals surface area contributed by atoms with Crippen LogP contribution in [-0.4, -0.2) is 23.4 Å². The predicted octanol–water partition coefficient (Wildman–Crippen LogP) is 2.76. The highest BCUT2D eigenvalue weighted by atomic mass is 16.2. The fraction of sp³-hybridized carbons (Fsp3) is 0.800. The van der Waals surface area contributed by atoms with Gasteiger partial charge in [-0.15, -0.1) is 0 Å². The van der Waals surface area contributed by atoms with E-state index in [-0.39, 0.29) is 11.9 Å². The predicted molar refractivity (Wildman–Crippen MR) is 70.7 cm³/mol.